The predicted octanol–water partition coefficient (Wildman–Crippen LogP) is 4.59. The van der Waals surface area contributed by atoms with E-state index in [9.17, 15) is 27.9 Å². The van der Waals surface area contributed by atoms with Crippen LogP contribution in [0.1, 0.15) is 48.4 Å². The zero-order valence-corrected chi connectivity index (χ0v) is 20.0. The standard InChI is InChI=1S/C25H26F3N5O4/c1-15-5-2-3-6-16(15)9-22(35)29-18-10-17(25(26,27)28)11-19(12-18)30-24(36)31-23-14-33(32-37-23)20-7-4-8-21(34)13-20/h2-3,5-6,10-12,14,20-21,34H,4,7-9,13H2,1H3,(H2-,29,30,31,32,35,36)/p+1/t20-,21-/m1/s1. The molecule has 1 saturated carbocycles. The zero-order chi connectivity index (χ0) is 26.6. The van der Waals surface area contributed by atoms with Crippen LogP contribution in [0, 0.1) is 6.92 Å². The highest BCUT2D eigenvalue weighted by molar-refractivity contribution is 6.00. The van der Waals surface area contributed by atoms with Crippen molar-refractivity contribution in [2.45, 2.75) is 57.3 Å². The van der Waals surface area contributed by atoms with Crippen molar-refractivity contribution >= 4 is 29.2 Å². The summed E-state index contributed by atoms with van der Waals surface area (Å²) < 4.78 is 47.1. The van der Waals surface area contributed by atoms with E-state index < -0.39 is 29.8 Å². The number of aliphatic hydroxyl groups is 1. The van der Waals surface area contributed by atoms with Gasteiger partial charge in [-0.05, 0) is 53.8 Å². The highest BCUT2D eigenvalue weighted by Gasteiger charge is 2.32. The molecule has 0 spiro atoms. The van der Waals surface area contributed by atoms with E-state index >= 15 is 0 Å². The molecule has 1 fully saturated rings. The fourth-order valence-corrected chi connectivity index (χ4v) is 4.26. The summed E-state index contributed by atoms with van der Waals surface area (Å²) in [5.41, 5.74) is 0.300. The smallest absolute Gasteiger partial charge is 0.393 e. The van der Waals surface area contributed by atoms with Crippen molar-refractivity contribution in [2.75, 3.05) is 16.0 Å². The maximum atomic E-state index is 13.5. The molecule has 4 rings (SSSR count). The number of aliphatic hydroxyl groups excluding tert-OH is 1. The first-order valence-corrected chi connectivity index (χ1v) is 11.8. The molecule has 0 unspecified atom stereocenters. The van der Waals surface area contributed by atoms with E-state index in [0.717, 1.165) is 36.1 Å². The summed E-state index contributed by atoms with van der Waals surface area (Å²) in [5, 5.41) is 20.9. The van der Waals surface area contributed by atoms with E-state index in [1.165, 1.54) is 16.9 Å². The lowest BCUT2D eigenvalue weighted by Crippen LogP contribution is -2.44. The lowest BCUT2D eigenvalue weighted by Gasteiger charge is -2.18. The number of halogens is 3. The number of carbonyl (C=O) groups is 2. The number of carbonyl (C=O) groups excluding carboxylic acids is 2. The number of urea groups is 1. The fourth-order valence-electron chi connectivity index (χ4n) is 4.26. The Morgan fingerprint density at radius 3 is 2.54 bits per heavy atom. The molecule has 37 heavy (non-hydrogen) atoms. The minimum absolute atomic E-state index is 0.0173. The van der Waals surface area contributed by atoms with Gasteiger partial charge in [0, 0.05) is 24.2 Å². The Morgan fingerprint density at radius 1 is 1.11 bits per heavy atom. The Hall–Kier alpha value is -3.93. The van der Waals surface area contributed by atoms with Gasteiger partial charge < -0.3 is 15.7 Å². The Kier molecular flexibility index (Phi) is 7.77. The molecule has 2 aromatic carbocycles. The molecule has 0 aliphatic heterocycles. The topological polar surface area (TPSA) is 120 Å². The van der Waals surface area contributed by atoms with Crippen LogP contribution in [0.2, 0.25) is 0 Å². The third-order valence-corrected chi connectivity index (χ3v) is 6.13. The highest BCUT2D eigenvalue weighted by atomic mass is 19.4. The van der Waals surface area contributed by atoms with E-state index in [0.29, 0.717) is 12.8 Å². The van der Waals surface area contributed by atoms with E-state index in [4.69, 9.17) is 4.52 Å². The number of nitrogens with zero attached hydrogens (tertiary/aromatic N) is 2. The molecule has 4 N–H and O–H groups in total. The van der Waals surface area contributed by atoms with Crippen LogP contribution >= 0.6 is 0 Å². The van der Waals surface area contributed by atoms with Gasteiger partial charge in [0.15, 0.2) is 6.04 Å². The average Bonchev–Trinajstić information content (AvgIpc) is 3.28. The molecule has 0 radical (unpaired) electrons. The molecule has 196 valence electrons. The molecule has 3 amide bonds. The molecular formula is C25H27F3N5O4+. The monoisotopic (exact) mass is 518 g/mol. The molecule has 3 aromatic rings. The van der Waals surface area contributed by atoms with Gasteiger partial charge in [-0.3, -0.25) is 14.6 Å². The molecule has 2 atom stereocenters. The highest BCUT2D eigenvalue weighted by Crippen LogP contribution is 2.33. The Labute approximate surface area is 210 Å². The van der Waals surface area contributed by atoms with Gasteiger partial charge in [-0.25, -0.2) is 4.79 Å². The largest absolute Gasteiger partial charge is 0.416 e. The van der Waals surface area contributed by atoms with Crippen molar-refractivity contribution in [2.24, 2.45) is 0 Å². The van der Waals surface area contributed by atoms with Gasteiger partial charge in [-0.1, -0.05) is 24.3 Å². The zero-order valence-electron chi connectivity index (χ0n) is 20.0. The molecule has 1 aliphatic rings. The first-order chi connectivity index (χ1) is 17.6. The van der Waals surface area contributed by atoms with Gasteiger partial charge in [-0.15, -0.1) is 0 Å². The minimum atomic E-state index is -4.70. The van der Waals surface area contributed by atoms with Crippen molar-refractivity contribution in [1.29, 1.82) is 0 Å². The summed E-state index contributed by atoms with van der Waals surface area (Å²) in [6, 6.07) is 9.06. The summed E-state index contributed by atoms with van der Waals surface area (Å²) in [6.45, 7) is 1.84. The molecule has 9 nitrogen and oxygen atoms in total. The van der Waals surface area contributed by atoms with Crippen LogP contribution < -0.4 is 20.6 Å². The van der Waals surface area contributed by atoms with Crippen LogP contribution in [-0.4, -0.2) is 28.4 Å². The van der Waals surface area contributed by atoms with Gasteiger partial charge in [-0.2, -0.15) is 13.2 Å². The summed E-state index contributed by atoms with van der Waals surface area (Å²) in [6.07, 6.45) is -0.864. The SMILES string of the molecule is Cc1ccccc1CC(=O)Nc1cc(NC(=O)Nc2c[n+]([C@@H]3CCC[C@@H](O)C3)no2)cc(C(F)(F)F)c1. The van der Waals surface area contributed by atoms with E-state index in [2.05, 4.69) is 21.2 Å². The van der Waals surface area contributed by atoms with Crippen LogP contribution in [0.15, 0.2) is 53.2 Å². The number of hydrogen-bond donors (Lipinski definition) is 4. The number of alkyl halides is 3. The molecule has 1 heterocycles. The first kappa shape index (κ1) is 26.1. The molecule has 1 aliphatic carbocycles. The van der Waals surface area contributed by atoms with Crippen LogP contribution in [0.5, 0.6) is 0 Å². The van der Waals surface area contributed by atoms with Crippen LogP contribution in [0.4, 0.5) is 35.2 Å². The molecular weight excluding hydrogens is 491 g/mol. The fraction of sp³-hybridized carbons (Fsp3) is 0.360. The third-order valence-electron chi connectivity index (χ3n) is 6.13. The number of anilines is 3. The Morgan fingerprint density at radius 2 is 1.84 bits per heavy atom. The lowest BCUT2D eigenvalue weighted by atomic mass is 9.93. The van der Waals surface area contributed by atoms with Crippen molar-refractivity contribution < 1.29 is 37.1 Å². The number of amides is 3. The number of benzene rings is 2. The number of aromatic nitrogens is 2. The minimum Gasteiger partial charge on any atom is -0.393 e. The quantitative estimate of drug-likeness (QED) is 0.356. The maximum absolute atomic E-state index is 13.5. The number of nitrogens with one attached hydrogen (secondary N) is 3. The summed E-state index contributed by atoms with van der Waals surface area (Å²) >= 11 is 0. The molecule has 0 bridgehead atoms. The lowest BCUT2D eigenvalue weighted by molar-refractivity contribution is -0.788. The van der Waals surface area contributed by atoms with E-state index in [1.807, 2.05) is 19.1 Å². The normalized spacial score (nSPS) is 17.8. The molecule has 12 heteroatoms. The van der Waals surface area contributed by atoms with Crippen LogP contribution in [-0.2, 0) is 17.4 Å². The van der Waals surface area contributed by atoms with Gasteiger partial charge in [0.2, 0.25) is 11.2 Å². The van der Waals surface area contributed by atoms with Crippen molar-refractivity contribution in [3.63, 3.8) is 0 Å². The third kappa shape index (κ3) is 7.06. The second kappa shape index (κ2) is 11.0. The summed E-state index contributed by atoms with van der Waals surface area (Å²) in [5.74, 6) is -0.514. The second-order valence-electron chi connectivity index (χ2n) is 9.05. The van der Waals surface area contributed by atoms with Gasteiger partial charge >= 0.3 is 18.1 Å². The van der Waals surface area contributed by atoms with Gasteiger partial charge in [0.05, 0.1) is 18.1 Å². The van der Waals surface area contributed by atoms with Crippen molar-refractivity contribution in [1.82, 2.24) is 5.27 Å². The predicted molar refractivity (Wildman–Crippen MR) is 128 cm³/mol. The first-order valence-electron chi connectivity index (χ1n) is 11.8. The Balaban J connectivity index is 1.44. The van der Waals surface area contributed by atoms with Crippen LogP contribution in [0.25, 0.3) is 0 Å². The number of rotatable bonds is 6. The summed E-state index contributed by atoms with van der Waals surface area (Å²) in [7, 11) is 0. The van der Waals surface area contributed by atoms with Crippen LogP contribution in [0.3, 0.4) is 0 Å². The Bertz CT molecular complexity index is 1280. The van der Waals surface area contributed by atoms with E-state index in [-0.39, 0.29) is 29.7 Å². The second-order valence-corrected chi connectivity index (χ2v) is 9.05. The van der Waals surface area contributed by atoms with E-state index in [1.54, 1.807) is 12.1 Å². The summed E-state index contributed by atoms with van der Waals surface area (Å²) in [4.78, 5) is 25.0. The van der Waals surface area contributed by atoms with Crippen molar-refractivity contribution in [3.8, 4) is 0 Å². The van der Waals surface area contributed by atoms with Crippen molar-refractivity contribution in [3.05, 3.63) is 65.4 Å². The molecule has 1 aromatic heterocycles. The number of aryl methyl sites for hydroxylation is 1. The molecule has 0 saturated heterocycles. The van der Waals surface area contributed by atoms with Gasteiger partial charge in [0.25, 0.3) is 6.20 Å². The maximum Gasteiger partial charge on any atom is 0.416 e. The van der Waals surface area contributed by atoms with Gasteiger partial charge in [0.1, 0.15) is 0 Å². The average molecular weight is 519 g/mol. The number of hydrogen-bond acceptors (Lipinski definition) is 5.